The number of amides is 2. The van der Waals surface area contributed by atoms with Crippen LogP contribution in [-0.4, -0.2) is 102 Å². The van der Waals surface area contributed by atoms with Crippen LogP contribution in [-0.2, 0) is 25.6 Å². The van der Waals surface area contributed by atoms with Gasteiger partial charge in [-0.2, -0.15) is 0 Å². The number of nitrogens with zero attached hydrogens (tertiary/aromatic N) is 3. The minimum Gasteiger partial charge on any atom is -0.510 e. The number of carbonyl (C=O) groups is 4. The molecule has 12 heteroatoms. The number of primary amides is 1. The van der Waals surface area contributed by atoms with Crippen LogP contribution in [0.4, 0.5) is 11.4 Å². The molecular formula is C32H43N5O7. The first-order chi connectivity index (χ1) is 20.6. The molecule has 5 atom stereocenters. The Bertz CT molecular complexity index is 1490. The number of aliphatic hydroxyl groups is 2. The first-order valence-corrected chi connectivity index (χ1v) is 15.2. The number of nitrogens with one attached hydrogen (secondary N) is 1. The Morgan fingerprint density at radius 3 is 2.39 bits per heavy atom. The van der Waals surface area contributed by atoms with Gasteiger partial charge >= 0.3 is 0 Å². The Morgan fingerprint density at radius 2 is 1.80 bits per heavy atom. The molecule has 238 valence electrons. The Morgan fingerprint density at radius 1 is 1.11 bits per heavy atom. The summed E-state index contributed by atoms with van der Waals surface area (Å²) in [6.07, 6.45) is 2.11. The maximum Gasteiger partial charge on any atom is 0.255 e. The van der Waals surface area contributed by atoms with Crippen molar-refractivity contribution in [1.82, 2.24) is 9.80 Å². The molecule has 2 fully saturated rings. The molecule has 1 saturated heterocycles. The molecule has 1 aromatic rings. The molecular weight excluding hydrogens is 566 g/mol. The molecule has 6 N–H and O–H groups in total. The van der Waals surface area contributed by atoms with Crippen LogP contribution in [0, 0.1) is 23.7 Å². The van der Waals surface area contributed by atoms with Crippen LogP contribution < -0.4 is 16.0 Å². The number of anilines is 2. The number of likely N-dealkylation sites (tertiary alicyclic amines) is 1. The minimum absolute atomic E-state index is 0.00259. The highest BCUT2D eigenvalue weighted by molar-refractivity contribution is 6.28. The highest BCUT2D eigenvalue weighted by atomic mass is 16.3. The number of Topliss-reactive ketones (excluding diaryl/α,β-unsaturated/α-hetero) is 2. The van der Waals surface area contributed by atoms with E-state index in [9.17, 15) is 34.5 Å². The van der Waals surface area contributed by atoms with Crippen molar-refractivity contribution in [2.45, 2.75) is 51.6 Å². The fourth-order valence-corrected chi connectivity index (χ4v) is 7.83. The molecule has 1 aromatic carbocycles. The van der Waals surface area contributed by atoms with E-state index in [1.807, 2.05) is 19.0 Å². The summed E-state index contributed by atoms with van der Waals surface area (Å²) in [5.41, 5.74) is 6.26. The zero-order chi connectivity index (χ0) is 32.4. The number of fused-ring (bicyclic) bond motifs is 3. The normalized spacial score (nSPS) is 27.0. The van der Waals surface area contributed by atoms with Crippen LogP contribution in [0.15, 0.2) is 23.0 Å². The number of aliphatic hydroxyl groups excluding tert-OH is 2. The number of nitrogens with two attached hydrogens (primary N) is 1. The first kappa shape index (κ1) is 31.5. The maximum atomic E-state index is 14.1. The first-order valence-electron chi connectivity index (χ1n) is 15.2. The number of ketones is 2. The molecule has 1 heterocycles. The van der Waals surface area contributed by atoms with Crippen molar-refractivity contribution in [3.05, 3.63) is 34.1 Å². The Kier molecular flexibility index (Phi) is 8.27. The SMILES string of the molecule is CC(C)CN1CCC[C@H]1C(=O)Nc1cc(N(C)C)c2c(c1O)C(O)=C1C(=O)C3C(=O)C(C(N)=O)=C(O)[C@@H](N(C)C)[C@@H]3C[C@@H]1C2. The summed E-state index contributed by atoms with van der Waals surface area (Å²) in [7, 11) is 6.99. The van der Waals surface area contributed by atoms with Crippen molar-refractivity contribution < 1.29 is 34.5 Å². The van der Waals surface area contributed by atoms with E-state index < -0.39 is 58.4 Å². The second kappa shape index (κ2) is 11.6. The third-order valence-corrected chi connectivity index (χ3v) is 9.55. The Hall–Kier alpha value is -3.90. The van der Waals surface area contributed by atoms with Gasteiger partial charge in [-0.1, -0.05) is 13.8 Å². The molecule has 1 aliphatic heterocycles. The number of hydrogen-bond donors (Lipinski definition) is 5. The predicted molar refractivity (Wildman–Crippen MR) is 165 cm³/mol. The van der Waals surface area contributed by atoms with E-state index in [-0.39, 0.29) is 47.4 Å². The zero-order valence-electron chi connectivity index (χ0n) is 26.2. The van der Waals surface area contributed by atoms with Crippen LogP contribution in [0.5, 0.6) is 5.75 Å². The van der Waals surface area contributed by atoms with Crippen molar-refractivity contribution >= 4 is 40.5 Å². The predicted octanol–water partition coefficient (Wildman–Crippen LogP) is 1.97. The molecule has 2 amide bonds. The number of hydrogen-bond acceptors (Lipinski definition) is 10. The maximum absolute atomic E-state index is 14.1. The Balaban J connectivity index is 1.58. The summed E-state index contributed by atoms with van der Waals surface area (Å²) < 4.78 is 0. The monoisotopic (exact) mass is 609 g/mol. The van der Waals surface area contributed by atoms with Crippen LogP contribution in [0.1, 0.15) is 44.2 Å². The highest BCUT2D eigenvalue weighted by Crippen LogP contribution is 2.53. The van der Waals surface area contributed by atoms with Gasteiger partial charge in [0.25, 0.3) is 5.91 Å². The molecule has 3 aliphatic carbocycles. The van der Waals surface area contributed by atoms with Gasteiger partial charge in [-0.25, -0.2) is 0 Å². The summed E-state index contributed by atoms with van der Waals surface area (Å²) in [5.74, 6) is -6.29. The molecule has 1 saturated carbocycles. The molecule has 0 radical (unpaired) electrons. The van der Waals surface area contributed by atoms with E-state index in [1.165, 1.54) is 0 Å². The topological polar surface area (TPSA) is 177 Å². The van der Waals surface area contributed by atoms with Crippen molar-refractivity contribution in [2.75, 3.05) is 51.5 Å². The van der Waals surface area contributed by atoms with Gasteiger partial charge < -0.3 is 31.3 Å². The van der Waals surface area contributed by atoms with E-state index in [1.54, 1.807) is 25.1 Å². The fraction of sp³-hybridized carbons (Fsp3) is 0.562. The molecule has 12 nitrogen and oxygen atoms in total. The van der Waals surface area contributed by atoms with Crippen LogP contribution in [0.2, 0.25) is 0 Å². The summed E-state index contributed by atoms with van der Waals surface area (Å²) in [6, 6.07) is 0.522. The van der Waals surface area contributed by atoms with Gasteiger partial charge in [0.1, 0.15) is 22.8 Å². The van der Waals surface area contributed by atoms with Gasteiger partial charge in [0, 0.05) is 31.9 Å². The lowest BCUT2D eigenvalue weighted by atomic mass is 9.59. The van der Waals surface area contributed by atoms with E-state index in [2.05, 4.69) is 24.1 Å². The summed E-state index contributed by atoms with van der Waals surface area (Å²) in [6.45, 7) is 5.78. The van der Waals surface area contributed by atoms with Crippen molar-refractivity contribution in [1.29, 1.82) is 0 Å². The van der Waals surface area contributed by atoms with Gasteiger partial charge in [-0.3, -0.25) is 29.0 Å². The number of rotatable bonds is 7. The van der Waals surface area contributed by atoms with Crippen LogP contribution in [0.25, 0.3) is 5.76 Å². The van der Waals surface area contributed by atoms with Crippen molar-refractivity contribution in [2.24, 2.45) is 29.4 Å². The minimum atomic E-state index is -1.33. The largest absolute Gasteiger partial charge is 0.510 e. The number of phenols is 1. The van der Waals surface area contributed by atoms with E-state index >= 15 is 0 Å². The van der Waals surface area contributed by atoms with Gasteiger partial charge in [0.2, 0.25) is 5.91 Å². The quantitative estimate of drug-likeness (QED) is 0.175. The molecule has 0 spiro atoms. The van der Waals surface area contributed by atoms with Gasteiger partial charge in [-0.05, 0) is 75.7 Å². The lowest BCUT2D eigenvalue weighted by Gasteiger charge is -2.46. The van der Waals surface area contributed by atoms with E-state index in [0.717, 1.165) is 19.5 Å². The molecule has 44 heavy (non-hydrogen) atoms. The number of benzene rings is 1. The standard InChI is InChI=1S/C32H43N5O7/c1-14(2)13-37-9-7-8-19(37)32(44)34-18-12-20(35(3)4)16-10-15-11-17-23(28(40)21(15)27(39)22(16)26(18)38)29(41)24(31(33)43)30(42)25(17)36(5)6/h12,14-15,17,19,23,25,38-39,42H,7-11,13H2,1-6H3,(H2,33,43)(H,34,44)/t15-,17+,19-,23?,25-/m0/s1. The Labute approximate surface area is 257 Å². The van der Waals surface area contributed by atoms with E-state index in [0.29, 0.717) is 23.6 Å². The molecule has 4 aliphatic rings. The van der Waals surface area contributed by atoms with Gasteiger partial charge in [0.15, 0.2) is 11.6 Å². The number of aromatic hydroxyl groups is 1. The number of phenolic OH excluding ortho intramolecular Hbond substituents is 1. The van der Waals surface area contributed by atoms with Crippen LogP contribution in [0.3, 0.4) is 0 Å². The molecule has 5 rings (SSSR count). The lowest BCUT2D eigenvalue weighted by Crippen LogP contribution is -2.55. The molecule has 0 bridgehead atoms. The smallest absolute Gasteiger partial charge is 0.255 e. The second-order valence-electron chi connectivity index (χ2n) is 13.4. The summed E-state index contributed by atoms with van der Waals surface area (Å²) in [4.78, 5) is 58.8. The third-order valence-electron chi connectivity index (χ3n) is 9.55. The number of carbonyl (C=O) groups excluding carboxylic acids is 4. The van der Waals surface area contributed by atoms with Gasteiger partial charge in [-0.15, -0.1) is 0 Å². The number of allylic oxidation sites excluding steroid dienone is 1. The average Bonchev–Trinajstić information content (AvgIpc) is 3.36. The second-order valence-corrected chi connectivity index (χ2v) is 13.4. The van der Waals surface area contributed by atoms with Crippen molar-refractivity contribution in [3.63, 3.8) is 0 Å². The molecule has 1 unspecified atom stereocenters. The van der Waals surface area contributed by atoms with Crippen LogP contribution >= 0.6 is 0 Å². The summed E-state index contributed by atoms with van der Waals surface area (Å²) >= 11 is 0. The zero-order valence-corrected chi connectivity index (χ0v) is 26.2. The summed E-state index contributed by atoms with van der Waals surface area (Å²) in [5, 5.41) is 37.0. The van der Waals surface area contributed by atoms with E-state index in [4.69, 9.17) is 5.73 Å². The fourth-order valence-electron chi connectivity index (χ4n) is 7.83. The lowest BCUT2D eigenvalue weighted by molar-refractivity contribution is -0.136. The molecule has 0 aromatic heterocycles. The number of likely N-dealkylation sites (N-methyl/N-ethyl adjacent to an activating group) is 1. The highest BCUT2D eigenvalue weighted by Gasteiger charge is 2.56. The average molecular weight is 610 g/mol. The van der Waals surface area contributed by atoms with Gasteiger partial charge in [0.05, 0.1) is 29.3 Å². The van der Waals surface area contributed by atoms with Crippen molar-refractivity contribution in [3.8, 4) is 5.75 Å². The third kappa shape index (κ3) is 5.03.